The Bertz CT molecular complexity index is 1140. The third kappa shape index (κ3) is 3.99. The number of allylic oxidation sites excluding steroid dienone is 3. The third-order valence-electron chi connectivity index (χ3n) is 7.65. The van der Waals surface area contributed by atoms with Crippen molar-refractivity contribution < 1.29 is 9.84 Å². The Morgan fingerprint density at radius 1 is 1.39 bits per heavy atom. The number of aliphatic hydroxyl groups is 1. The van der Waals surface area contributed by atoms with Crippen LogP contribution in [0.25, 0.3) is 16.6 Å². The molecule has 2 aliphatic rings. The van der Waals surface area contributed by atoms with Gasteiger partial charge in [-0.25, -0.2) is 0 Å². The highest BCUT2D eigenvalue weighted by Crippen LogP contribution is 2.53. The molecule has 0 spiro atoms. The van der Waals surface area contributed by atoms with Gasteiger partial charge in [0.2, 0.25) is 0 Å². The lowest BCUT2D eigenvalue weighted by Gasteiger charge is -2.46. The Morgan fingerprint density at radius 2 is 2.15 bits per heavy atom. The van der Waals surface area contributed by atoms with Gasteiger partial charge in [-0.05, 0) is 53.7 Å². The minimum Gasteiger partial charge on any atom is -0.513 e. The van der Waals surface area contributed by atoms with Crippen molar-refractivity contribution in [2.75, 3.05) is 13.7 Å². The SMILES string of the molecule is C=C(O)CC1NC2=C(C)/C(=C\C(C)CC)C(C)(C)c3c2c(cc2cccnc32)C1CCOC. The van der Waals surface area contributed by atoms with Crippen LogP contribution >= 0.6 is 0 Å². The summed E-state index contributed by atoms with van der Waals surface area (Å²) in [5, 5.41) is 15.2. The fourth-order valence-corrected chi connectivity index (χ4v) is 5.81. The summed E-state index contributed by atoms with van der Waals surface area (Å²) in [6.07, 6.45) is 6.85. The lowest BCUT2D eigenvalue weighted by Crippen LogP contribution is -2.43. The molecule has 3 atom stereocenters. The molecule has 2 aromatic rings. The summed E-state index contributed by atoms with van der Waals surface area (Å²) in [5.41, 5.74) is 8.69. The van der Waals surface area contributed by atoms with E-state index < -0.39 is 0 Å². The summed E-state index contributed by atoms with van der Waals surface area (Å²) in [5.74, 6) is 0.912. The smallest absolute Gasteiger partial charge is 0.0871 e. The number of nitrogens with one attached hydrogen (secondary N) is 1. The van der Waals surface area contributed by atoms with Crippen LogP contribution in [0.2, 0.25) is 0 Å². The van der Waals surface area contributed by atoms with E-state index in [1.807, 2.05) is 12.3 Å². The van der Waals surface area contributed by atoms with Gasteiger partial charge >= 0.3 is 0 Å². The van der Waals surface area contributed by atoms with Crippen molar-refractivity contribution >= 4 is 16.6 Å². The highest BCUT2D eigenvalue weighted by atomic mass is 16.5. The number of hydrogen-bond donors (Lipinski definition) is 2. The van der Waals surface area contributed by atoms with E-state index in [1.54, 1.807) is 7.11 Å². The maximum atomic E-state index is 10.1. The van der Waals surface area contributed by atoms with Crippen molar-refractivity contribution in [2.45, 2.75) is 71.3 Å². The second-order valence-corrected chi connectivity index (χ2v) is 10.3. The minimum atomic E-state index is -0.171. The number of nitrogens with zero attached hydrogens (tertiary/aromatic N) is 1. The highest BCUT2D eigenvalue weighted by molar-refractivity contribution is 5.95. The molecule has 1 aromatic carbocycles. The second-order valence-electron chi connectivity index (χ2n) is 10.3. The van der Waals surface area contributed by atoms with Crippen LogP contribution in [-0.4, -0.2) is 29.8 Å². The first-order chi connectivity index (χ1) is 15.7. The molecule has 0 radical (unpaired) electrons. The number of aliphatic hydroxyl groups excluding tert-OH is 1. The van der Waals surface area contributed by atoms with Crippen molar-refractivity contribution in [3.63, 3.8) is 0 Å². The van der Waals surface area contributed by atoms with Crippen LogP contribution < -0.4 is 5.32 Å². The largest absolute Gasteiger partial charge is 0.513 e. The van der Waals surface area contributed by atoms with E-state index in [1.165, 1.54) is 38.9 Å². The monoisotopic (exact) mass is 446 g/mol. The number of benzene rings is 1. The molecule has 33 heavy (non-hydrogen) atoms. The summed E-state index contributed by atoms with van der Waals surface area (Å²) < 4.78 is 5.49. The molecule has 2 heterocycles. The Hall–Kier alpha value is -2.59. The van der Waals surface area contributed by atoms with Crippen molar-refractivity contribution in [2.24, 2.45) is 5.92 Å². The van der Waals surface area contributed by atoms with Gasteiger partial charge in [-0.2, -0.15) is 0 Å². The number of fused-ring (bicyclic) bond motifs is 2. The molecule has 3 unspecified atom stereocenters. The predicted molar refractivity (Wildman–Crippen MR) is 137 cm³/mol. The molecule has 4 heteroatoms. The molecule has 176 valence electrons. The van der Waals surface area contributed by atoms with E-state index in [4.69, 9.17) is 9.72 Å². The first-order valence-corrected chi connectivity index (χ1v) is 12.2. The van der Waals surface area contributed by atoms with E-state index in [-0.39, 0.29) is 23.1 Å². The predicted octanol–water partition coefficient (Wildman–Crippen LogP) is 6.78. The summed E-state index contributed by atoms with van der Waals surface area (Å²) >= 11 is 0. The zero-order valence-corrected chi connectivity index (χ0v) is 21.0. The number of pyridine rings is 1. The Kier molecular flexibility index (Phi) is 6.41. The molecule has 0 saturated carbocycles. The average molecular weight is 447 g/mol. The Balaban J connectivity index is 2.08. The van der Waals surface area contributed by atoms with Crippen LogP contribution in [0.4, 0.5) is 0 Å². The van der Waals surface area contributed by atoms with E-state index >= 15 is 0 Å². The van der Waals surface area contributed by atoms with Crippen LogP contribution in [0.5, 0.6) is 0 Å². The van der Waals surface area contributed by atoms with Crippen molar-refractivity contribution in [1.29, 1.82) is 0 Å². The van der Waals surface area contributed by atoms with Crippen LogP contribution in [0.3, 0.4) is 0 Å². The van der Waals surface area contributed by atoms with Gasteiger partial charge < -0.3 is 15.2 Å². The van der Waals surface area contributed by atoms with E-state index in [0.29, 0.717) is 18.9 Å². The van der Waals surface area contributed by atoms with E-state index in [0.717, 1.165) is 18.4 Å². The number of methoxy groups -OCH3 is 1. The Labute approximate surface area is 198 Å². The van der Waals surface area contributed by atoms with Gasteiger partial charge in [0.25, 0.3) is 0 Å². The van der Waals surface area contributed by atoms with Crippen LogP contribution in [-0.2, 0) is 10.2 Å². The Morgan fingerprint density at radius 3 is 2.82 bits per heavy atom. The van der Waals surface area contributed by atoms with E-state index in [2.05, 4.69) is 64.7 Å². The molecule has 0 saturated heterocycles. The molecular weight excluding hydrogens is 408 g/mol. The maximum Gasteiger partial charge on any atom is 0.0871 e. The van der Waals surface area contributed by atoms with Crippen LogP contribution in [0, 0.1) is 5.92 Å². The van der Waals surface area contributed by atoms with E-state index in [9.17, 15) is 5.11 Å². The zero-order chi connectivity index (χ0) is 23.9. The topological polar surface area (TPSA) is 54.4 Å². The normalized spacial score (nSPS) is 23.4. The summed E-state index contributed by atoms with van der Waals surface area (Å²) in [4.78, 5) is 4.88. The maximum absolute atomic E-state index is 10.1. The van der Waals surface area contributed by atoms with Gasteiger partial charge in [0.05, 0.1) is 11.3 Å². The first-order valence-electron chi connectivity index (χ1n) is 12.2. The number of aromatic nitrogens is 1. The second kappa shape index (κ2) is 8.98. The van der Waals surface area contributed by atoms with Gasteiger partial charge in [0.1, 0.15) is 0 Å². The average Bonchev–Trinajstić information content (AvgIpc) is 2.78. The fraction of sp³-hybridized carbons (Fsp3) is 0.483. The zero-order valence-electron chi connectivity index (χ0n) is 21.0. The van der Waals surface area contributed by atoms with Crippen molar-refractivity contribution in [1.82, 2.24) is 10.3 Å². The first kappa shape index (κ1) is 23.6. The van der Waals surface area contributed by atoms with Crippen LogP contribution in [0.15, 0.2) is 54.0 Å². The molecule has 1 aliphatic heterocycles. The molecule has 2 N–H and O–H groups in total. The van der Waals surface area contributed by atoms with Gasteiger partial charge in [0.15, 0.2) is 0 Å². The number of hydrogen-bond acceptors (Lipinski definition) is 4. The molecular formula is C29H38N2O2. The molecule has 0 bridgehead atoms. The van der Waals surface area contributed by atoms with Crippen LogP contribution in [0.1, 0.15) is 76.5 Å². The van der Waals surface area contributed by atoms with Gasteiger partial charge in [-0.1, -0.05) is 52.8 Å². The number of rotatable bonds is 7. The van der Waals surface area contributed by atoms with Gasteiger partial charge in [0, 0.05) is 60.4 Å². The van der Waals surface area contributed by atoms with Crippen molar-refractivity contribution in [3.05, 3.63) is 70.6 Å². The molecule has 4 nitrogen and oxygen atoms in total. The lowest BCUT2D eigenvalue weighted by molar-refractivity contribution is 0.180. The minimum absolute atomic E-state index is 0.0585. The molecule has 4 rings (SSSR count). The lowest BCUT2D eigenvalue weighted by atomic mass is 9.63. The molecule has 1 aromatic heterocycles. The van der Waals surface area contributed by atoms with Gasteiger partial charge in [-0.15, -0.1) is 0 Å². The van der Waals surface area contributed by atoms with Gasteiger partial charge in [-0.3, -0.25) is 4.98 Å². The quantitative estimate of drug-likeness (QED) is 0.460. The fourth-order valence-electron chi connectivity index (χ4n) is 5.81. The highest BCUT2D eigenvalue weighted by Gasteiger charge is 2.43. The molecule has 1 aliphatic carbocycles. The summed E-state index contributed by atoms with van der Waals surface area (Å²) in [7, 11) is 1.75. The third-order valence-corrected chi connectivity index (χ3v) is 7.65. The summed E-state index contributed by atoms with van der Waals surface area (Å²) in [6, 6.07) is 6.58. The number of ether oxygens (including phenoxy) is 1. The summed E-state index contributed by atoms with van der Waals surface area (Å²) in [6.45, 7) is 15.9. The standard InChI is InChI=1S/C29H38N2O2/c1-8-17(2)14-23-19(4)27-25-22(21(11-13-33-7)24(31-27)15-18(3)32)16-20-10-9-12-30-28(20)26(25)29(23,5)6/h9-10,12,14,16-17,21,24,31-32H,3,8,11,13,15H2,1-2,4-7H3/b23-14+. The molecule has 0 fully saturated rings. The molecule has 0 amide bonds. The van der Waals surface area contributed by atoms with Crippen molar-refractivity contribution in [3.8, 4) is 0 Å².